The highest BCUT2D eigenvalue weighted by Crippen LogP contribution is 2.38. The maximum absolute atomic E-state index is 12.2. The molecule has 1 aliphatic heterocycles. The van der Waals surface area contributed by atoms with Gasteiger partial charge < -0.3 is 19.7 Å². The molecule has 2 fully saturated rings. The Morgan fingerprint density at radius 2 is 2.24 bits per heavy atom. The predicted octanol–water partition coefficient (Wildman–Crippen LogP) is 1.42. The molecule has 122 valence electrons. The van der Waals surface area contributed by atoms with Crippen molar-refractivity contribution in [3.63, 3.8) is 0 Å². The van der Waals surface area contributed by atoms with Crippen molar-refractivity contribution >= 4 is 5.97 Å². The Kier molecular flexibility index (Phi) is 6.02. The fourth-order valence-electron chi connectivity index (χ4n) is 3.95. The zero-order valence-electron chi connectivity index (χ0n) is 13.7. The van der Waals surface area contributed by atoms with E-state index >= 15 is 0 Å². The van der Waals surface area contributed by atoms with Gasteiger partial charge >= 0.3 is 5.97 Å². The molecule has 0 aromatic heterocycles. The van der Waals surface area contributed by atoms with Crippen LogP contribution in [0.5, 0.6) is 0 Å². The topological polar surface area (TPSA) is 50.8 Å². The van der Waals surface area contributed by atoms with Crippen molar-refractivity contribution < 1.29 is 14.3 Å². The van der Waals surface area contributed by atoms with Crippen molar-refractivity contribution in [1.29, 1.82) is 0 Å². The van der Waals surface area contributed by atoms with Gasteiger partial charge in [0.2, 0.25) is 0 Å². The van der Waals surface area contributed by atoms with Gasteiger partial charge in [0.1, 0.15) is 5.54 Å². The maximum atomic E-state index is 12.2. The van der Waals surface area contributed by atoms with Crippen molar-refractivity contribution in [3.8, 4) is 0 Å². The van der Waals surface area contributed by atoms with Crippen LogP contribution in [0.25, 0.3) is 0 Å². The van der Waals surface area contributed by atoms with E-state index in [4.69, 9.17) is 9.47 Å². The molecule has 1 N–H and O–H groups in total. The first-order valence-electron chi connectivity index (χ1n) is 8.20. The number of carbonyl (C=O) groups excluding carboxylic acids is 1. The van der Waals surface area contributed by atoms with Crippen LogP contribution >= 0.6 is 0 Å². The molecule has 1 aliphatic carbocycles. The number of esters is 1. The molecule has 1 saturated heterocycles. The first kappa shape index (κ1) is 16.7. The lowest BCUT2D eigenvalue weighted by molar-refractivity contribution is -0.150. The third kappa shape index (κ3) is 3.76. The lowest BCUT2D eigenvalue weighted by atomic mass is 9.84. The van der Waals surface area contributed by atoms with Crippen molar-refractivity contribution in [3.05, 3.63) is 0 Å². The number of carbonyl (C=O) groups is 1. The number of rotatable bonds is 7. The van der Waals surface area contributed by atoms with E-state index in [9.17, 15) is 4.79 Å². The molecule has 0 amide bonds. The molecule has 0 aromatic rings. The monoisotopic (exact) mass is 298 g/mol. The van der Waals surface area contributed by atoms with E-state index in [2.05, 4.69) is 17.3 Å². The summed E-state index contributed by atoms with van der Waals surface area (Å²) < 4.78 is 10.7. The van der Waals surface area contributed by atoms with Crippen LogP contribution in [0.15, 0.2) is 0 Å². The molecule has 1 heterocycles. The van der Waals surface area contributed by atoms with Gasteiger partial charge in [0, 0.05) is 13.2 Å². The lowest BCUT2D eigenvalue weighted by Gasteiger charge is -2.33. The Morgan fingerprint density at radius 1 is 1.43 bits per heavy atom. The number of likely N-dealkylation sites (N-methyl/N-ethyl adjacent to an activating group) is 2. The zero-order valence-corrected chi connectivity index (χ0v) is 13.7. The van der Waals surface area contributed by atoms with E-state index < -0.39 is 5.54 Å². The third-order valence-corrected chi connectivity index (χ3v) is 5.21. The minimum atomic E-state index is -0.473. The second-order valence-corrected chi connectivity index (χ2v) is 6.49. The summed E-state index contributed by atoms with van der Waals surface area (Å²) in [6.45, 7) is 2.91. The fraction of sp³-hybridized carbons (Fsp3) is 0.938. The van der Waals surface area contributed by atoms with Crippen molar-refractivity contribution in [2.75, 3.05) is 40.9 Å². The van der Waals surface area contributed by atoms with E-state index in [1.165, 1.54) is 20.0 Å². The summed E-state index contributed by atoms with van der Waals surface area (Å²) in [6, 6.07) is 0. The van der Waals surface area contributed by atoms with Gasteiger partial charge in [-0.05, 0) is 58.7 Å². The summed E-state index contributed by atoms with van der Waals surface area (Å²) in [6.07, 6.45) is 6.87. The Hall–Kier alpha value is -0.650. The molecule has 3 unspecified atom stereocenters. The molecule has 0 radical (unpaired) electrons. The normalized spacial score (nSPS) is 32.8. The summed E-state index contributed by atoms with van der Waals surface area (Å²) in [5.41, 5.74) is -0.473. The molecular formula is C16H30N2O3. The van der Waals surface area contributed by atoms with E-state index in [-0.39, 0.29) is 5.97 Å². The Balaban J connectivity index is 1.84. The van der Waals surface area contributed by atoms with Crippen LogP contribution < -0.4 is 5.32 Å². The highest BCUT2D eigenvalue weighted by molar-refractivity contribution is 5.81. The van der Waals surface area contributed by atoms with E-state index in [1.54, 1.807) is 0 Å². The molecule has 5 nitrogen and oxygen atoms in total. The summed E-state index contributed by atoms with van der Waals surface area (Å²) in [5.74, 6) is 0.260. The highest BCUT2D eigenvalue weighted by Gasteiger charge is 2.48. The van der Waals surface area contributed by atoms with E-state index in [0.717, 1.165) is 45.4 Å². The maximum Gasteiger partial charge on any atom is 0.326 e. The first-order valence-corrected chi connectivity index (χ1v) is 8.20. The van der Waals surface area contributed by atoms with Gasteiger partial charge in [-0.25, -0.2) is 0 Å². The minimum Gasteiger partial charge on any atom is -0.468 e. The van der Waals surface area contributed by atoms with Gasteiger partial charge in [-0.2, -0.15) is 0 Å². The number of hydrogen-bond donors (Lipinski definition) is 1. The second-order valence-electron chi connectivity index (χ2n) is 6.49. The van der Waals surface area contributed by atoms with Crippen LogP contribution in [0.1, 0.15) is 38.5 Å². The molecule has 2 rings (SSSR count). The molecule has 21 heavy (non-hydrogen) atoms. The van der Waals surface area contributed by atoms with Gasteiger partial charge in [0.05, 0.1) is 13.2 Å². The first-order chi connectivity index (χ1) is 10.1. The molecule has 0 bridgehead atoms. The zero-order chi connectivity index (χ0) is 15.3. The molecule has 0 spiro atoms. The molecule has 3 atom stereocenters. The summed E-state index contributed by atoms with van der Waals surface area (Å²) in [5, 5.41) is 3.26. The number of nitrogens with one attached hydrogen (secondary N) is 1. The third-order valence-electron chi connectivity index (χ3n) is 5.21. The van der Waals surface area contributed by atoms with Crippen molar-refractivity contribution in [2.24, 2.45) is 5.92 Å². The van der Waals surface area contributed by atoms with Crippen LogP contribution in [0, 0.1) is 5.92 Å². The van der Waals surface area contributed by atoms with Crippen LogP contribution in [0.2, 0.25) is 0 Å². The van der Waals surface area contributed by atoms with Gasteiger partial charge in [-0.1, -0.05) is 6.42 Å². The molecule has 0 aromatic carbocycles. The summed E-state index contributed by atoms with van der Waals surface area (Å²) >= 11 is 0. The number of methoxy groups -OCH3 is 1. The molecule has 1 saturated carbocycles. The van der Waals surface area contributed by atoms with Crippen LogP contribution in [-0.4, -0.2) is 63.4 Å². The Bertz CT molecular complexity index is 344. The average Bonchev–Trinajstić information content (AvgIpc) is 3.13. The largest absolute Gasteiger partial charge is 0.468 e. The lowest BCUT2D eigenvalue weighted by Crippen LogP contribution is -2.54. The van der Waals surface area contributed by atoms with Crippen molar-refractivity contribution in [2.45, 2.75) is 50.2 Å². The second kappa shape index (κ2) is 7.56. The van der Waals surface area contributed by atoms with Gasteiger partial charge in [0.25, 0.3) is 0 Å². The Labute approximate surface area is 128 Å². The van der Waals surface area contributed by atoms with Gasteiger partial charge in [0.15, 0.2) is 0 Å². The minimum absolute atomic E-state index is 0.103. The number of nitrogens with zero attached hydrogens (tertiary/aromatic N) is 1. The predicted molar refractivity (Wildman–Crippen MR) is 82.2 cm³/mol. The van der Waals surface area contributed by atoms with Crippen LogP contribution in [0.3, 0.4) is 0 Å². The van der Waals surface area contributed by atoms with E-state index in [1.807, 2.05) is 7.05 Å². The molecule has 5 heteroatoms. The standard InChI is InChI=1S/C16H30N2O3/c1-17-16(15(19)20-3)9-4-6-13(16)8-10-18(2)12-14-7-5-11-21-14/h13-14,17H,4-12H2,1-3H3. The molecule has 2 aliphatic rings. The van der Waals surface area contributed by atoms with Crippen LogP contribution in [-0.2, 0) is 14.3 Å². The number of ether oxygens (including phenoxy) is 2. The SMILES string of the molecule is CNC1(C(=O)OC)CCCC1CCN(C)CC1CCCO1. The average molecular weight is 298 g/mol. The number of hydrogen-bond acceptors (Lipinski definition) is 5. The highest BCUT2D eigenvalue weighted by atomic mass is 16.5. The van der Waals surface area contributed by atoms with Gasteiger partial charge in [-0.15, -0.1) is 0 Å². The summed E-state index contributed by atoms with van der Waals surface area (Å²) in [4.78, 5) is 14.5. The van der Waals surface area contributed by atoms with Gasteiger partial charge in [-0.3, -0.25) is 4.79 Å². The quantitative estimate of drug-likeness (QED) is 0.720. The molecular weight excluding hydrogens is 268 g/mol. The fourth-order valence-corrected chi connectivity index (χ4v) is 3.95. The van der Waals surface area contributed by atoms with Crippen LogP contribution in [0.4, 0.5) is 0 Å². The van der Waals surface area contributed by atoms with Crippen molar-refractivity contribution in [1.82, 2.24) is 10.2 Å². The Morgan fingerprint density at radius 3 is 2.86 bits per heavy atom. The van der Waals surface area contributed by atoms with E-state index in [0.29, 0.717) is 12.0 Å². The summed E-state index contributed by atoms with van der Waals surface area (Å²) in [7, 11) is 5.52. The smallest absolute Gasteiger partial charge is 0.326 e.